The van der Waals surface area contributed by atoms with E-state index in [0.29, 0.717) is 32.1 Å². The third-order valence-electron chi connectivity index (χ3n) is 2.87. The van der Waals surface area contributed by atoms with E-state index in [4.69, 9.17) is 10.5 Å². The summed E-state index contributed by atoms with van der Waals surface area (Å²) in [5, 5.41) is 0. The largest absolute Gasteiger partial charge is 0.381 e. The molecule has 0 aliphatic carbocycles. The average Bonchev–Trinajstić information content (AvgIpc) is 2.29. The molecule has 0 aromatic heterocycles. The number of nitrogens with two attached hydrogens (primary N) is 1. The molecule has 4 nitrogen and oxygen atoms in total. The number of carbonyl (C=O) groups is 1. The van der Waals surface area contributed by atoms with Gasteiger partial charge >= 0.3 is 0 Å². The van der Waals surface area contributed by atoms with Gasteiger partial charge in [0.1, 0.15) is 0 Å². The number of likely N-dealkylation sites (tertiary alicyclic amines) is 1. The Morgan fingerprint density at radius 2 is 2.40 bits per heavy atom. The molecule has 15 heavy (non-hydrogen) atoms. The molecule has 1 aliphatic rings. The van der Waals surface area contributed by atoms with E-state index in [1.54, 1.807) is 0 Å². The molecule has 88 valence electrons. The van der Waals surface area contributed by atoms with E-state index in [1.807, 2.05) is 11.8 Å². The summed E-state index contributed by atoms with van der Waals surface area (Å²) in [6.07, 6.45) is 2.75. The number of piperidine rings is 1. The van der Waals surface area contributed by atoms with Gasteiger partial charge in [0.25, 0.3) is 0 Å². The maximum absolute atomic E-state index is 11.7. The zero-order valence-corrected chi connectivity index (χ0v) is 9.58. The second-order valence-corrected chi connectivity index (χ2v) is 4.03. The molecular formula is C11H22N2O2. The van der Waals surface area contributed by atoms with Crippen molar-refractivity contribution in [1.29, 1.82) is 0 Å². The third kappa shape index (κ3) is 4.18. The van der Waals surface area contributed by atoms with Gasteiger partial charge < -0.3 is 15.4 Å². The van der Waals surface area contributed by atoms with Gasteiger partial charge in [-0.25, -0.2) is 0 Å². The quantitative estimate of drug-likeness (QED) is 0.682. The molecule has 1 unspecified atom stereocenters. The van der Waals surface area contributed by atoms with Crippen LogP contribution in [0.15, 0.2) is 0 Å². The summed E-state index contributed by atoms with van der Waals surface area (Å²) in [4.78, 5) is 13.7. The Kier molecular flexibility index (Phi) is 5.65. The standard InChI is InChI=1S/C11H22N2O2/c1-2-15-7-5-11(14)13-6-3-4-10(8-12)9-13/h10H,2-9,12H2,1H3. The molecule has 1 saturated heterocycles. The second kappa shape index (κ2) is 6.80. The summed E-state index contributed by atoms with van der Waals surface area (Å²) in [6.45, 7) is 5.58. The summed E-state index contributed by atoms with van der Waals surface area (Å²) in [5.41, 5.74) is 5.62. The van der Waals surface area contributed by atoms with Gasteiger partial charge in [0.15, 0.2) is 0 Å². The molecule has 1 aliphatic heterocycles. The fourth-order valence-corrected chi connectivity index (χ4v) is 1.95. The second-order valence-electron chi connectivity index (χ2n) is 4.03. The number of hydrogen-bond donors (Lipinski definition) is 1. The first-order valence-corrected chi connectivity index (χ1v) is 5.83. The van der Waals surface area contributed by atoms with Crippen molar-refractivity contribution < 1.29 is 9.53 Å². The fourth-order valence-electron chi connectivity index (χ4n) is 1.95. The SMILES string of the molecule is CCOCCC(=O)N1CCCC(CN)C1. The highest BCUT2D eigenvalue weighted by Gasteiger charge is 2.22. The zero-order valence-electron chi connectivity index (χ0n) is 9.58. The van der Waals surface area contributed by atoms with Gasteiger partial charge in [-0.05, 0) is 32.2 Å². The van der Waals surface area contributed by atoms with Crippen LogP contribution in [0.3, 0.4) is 0 Å². The highest BCUT2D eigenvalue weighted by Crippen LogP contribution is 2.15. The first-order valence-electron chi connectivity index (χ1n) is 5.83. The molecule has 0 aromatic rings. The molecule has 4 heteroatoms. The van der Waals surface area contributed by atoms with Crippen molar-refractivity contribution in [2.45, 2.75) is 26.2 Å². The lowest BCUT2D eigenvalue weighted by atomic mass is 9.98. The van der Waals surface area contributed by atoms with Gasteiger partial charge in [-0.2, -0.15) is 0 Å². The Hall–Kier alpha value is -0.610. The highest BCUT2D eigenvalue weighted by molar-refractivity contribution is 5.76. The van der Waals surface area contributed by atoms with Crippen LogP contribution in [0.2, 0.25) is 0 Å². The molecule has 1 atom stereocenters. The summed E-state index contributed by atoms with van der Waals surface area (Å²) < 4.78 is 5.18. The van der Waals surface area contributed by atoms with Crippen molar-refractivity contribution in [3.8, 4) is 0 Å². The van der Waals surface area contributed by atoms with Crippen LogP contribution in [-0.2, 0) is 9.53 Å². The summed E-state index contributed by atoms with van der Waals surface area (Å²) in [5.74, 6) is 0.705. The van der Waals surface area contributed by atoms with E-state index in [9.17, 15) is 4.79 Å². The molecule has 1 fully saturated rings. The molecule has 0 spiro atoms. The van der Waals surface area contributed by atoms with Gasteiger partial charge in [-0.15, -0.1) is 0 Å². The Morgan fingerprint density at radius 1 is 1.60 bits per heavy atom. The lowest BCUT2D eigenvalue weighted by Crippen LogP contribution is -2.42. The minimum atomic E-state index is 0.210. The Labute approximate surface area is 91.8 Å². The van der Waals surface area contributed by atoms with Crippen LogP contribution in [0, 0.1) is 5.92 Å². The van der Waals surface area contributed by atoms with Crippen molar-refractivity contribution in [2.75, 3.05) is 32.8 Å². The van der Waals surface area contributed by atoms with E-state index in [2.05, 4.69) is 0 Å². The summed E-state index contributed by atoms with van der Waals surface area (Å²) >= 11 is 0. The van der Waals surface area contributed by atoms with Crippen molar-refractivity contribution in [3.05, 3.63) is 0 Å². The predicted molar refractivity (Wildman–Crippen MR) is 59.5 cm³/mol. The van der Waals surface area contributed by atoms with Gasteiger partial charge in [-0.1, -0.05) is 0 Å². The van der Waals surface area contributed by atoms with E-state index in [1.165, 1.54) is 0 Å². The van der Waals surface area contributed by atoms with Crippen LogP contribution < -0.4 is 5.73 Å². The molecule has 0 aromatic carbocycles. The Morgan fingerprint density at radius 3 is 3.07 bits per heavy atom. The molecule has 0 radical (unpaired) electrons. The van der Waals surface area contributed by atoms with Crippen LogP contribution in [0.25, 0.3) is 0 Å². The van der Waals surface area contributed by atoms with Crippen molar-refractivity contribution in [3.63, 3.8) is 0 Å². The van der Waals surface area contributed by atoms with Crippen molar-refractivity contribution in [2.24, 2.45) is 11.7 Å². The number of ether oxygens (including phenoxy) is 1. The van der Waals surface area contributed by atoms with E-state index < -0.39 is 0 Å². The molecule has 0 saturated carbocycles. The van der Waals surface area contributed by atoms with E-state index in [0.717, 1.165) is 25.9 Å². The van der Waals surface area contributed by atoms with Crippen molar-refractivity contribution in [1.82, 2.24) is 4.90 Å². The van der Waals surface area contributed by atoms with Crippen molar-refractivity contribution >= 4 is 5.91 Å². The highest BCUT2D eigenvalue weighted by atomic mass is 16.5. The maximum Gasteiger partial charge on any atom is 0.224 e. The minimum absolute atomic E-state index is 0.210. The van der Waals surface area contributed by atoms with Gasteiger partial charge in [0.05, 0.1) is 13.0 Å². The molecular weight excluding hydrogens is 192 g/mol. The first kappa shape index (κ1) is 12.5. The number of hydrogen-bond acceptors (Lipinski definition) is 3. The predicted octanol–water partition coefficient (Wildman–Crippen LogP) is 0.610. The summed E-state index contributed by atoms with van der Waals surface area (Å²) in [7, 11) is 0. The van der Waals surface area contributed by atoms with Crippen LogP contribution in [0.1, 0.15) is 26.2 Å². The molecule has 2 N–H and O–H groups in total. The monoisotopic (exact) mass is 214 g/mol. The maximum atomic E-state index is 11.7. The van der Waals surface area contributed by atoms with Crippen LogP contribution in [-0.4, -0.2) is 43.7 Å². The number of carbonyl (C=O) groups excluding carboxylic acids is 1. The molecule has 0 bridgehead atoms. The zero-order chi connectivity index (χ0) is 11.1. The molecule has 1 amide bonds. The van der Waals surface area contributed by atoms with E-state index in [-0.39, 0.29) is 5.91 Å². The van der Waals surface area contributed by atoms with Crippen LogP contribution >= 0.6 is 0 Å². The van der Waals surface area contributed by atoms with E-state index >= 15 is 0 Å². The van der Waals surface area contributed by atoms with Gasteiger partial charge in [-0.3, -0.25) is 4.79 Å². The number of nitrogens with zero attached hydrogens (tertiary/aromatic N) is 1. The number of rotatable bonds is 5. The normalized spacial score (nSPS) is 21.7. The van der Waals surface area contributed by atoms with Crippen LogP contribution in [0.4, 0.5) is 0 Å². The fraction of sp³-hybridized carbons (Fsp3) is 0.909. The number of amides is 1. The minimum Gasteiger partial charge on any atom is -0.381 e. The van der Waals surface area contributed by atoms with Gasteiger partial charge in [0, 0.05) is 19.7 Å². The van der Waals surface area contributed by atoms with Crippen LogP contribution in [0.5, 0.6) is 0 Å². The lowest BCUT2D eigenvalue weighted by molar-refractivity contribution is -0.134. The van der Waals surface area contributed by atoms with Gasteiger partial charge in [0.2, 0.25) is 5.91 Å². The first-order chi connectivity index (χ1) is 7.27. The third-order valence-corrected chi connectivity index (χ3v) is 2.87. The molecule has 1 heterocycles. The summed E-state index contributed by atoms with van der Waals surface area (Å²) in [6, 6.07) is 0. The lowest BCUT2D eigenvalue weighted by Gasteiger charge is -2.32. The Bertz CT molecular complexity index is 197. The smallest absolute Gasteiger partial charge is 0.224 e. The average molecular weight is 214 g/mol. The topological polar surface area (TPSA) is 55.6 Å². The molecule has 1 rings (SSSR count). The Balaban J connectivity index is 2.25.